The lowest BCUT2D eigenvalue weighted by Crippen LogP contribution is -2.47. The zero-order valence-electron chi connectivity index (χ0n) is 7.05. The molecule has 0 bridgehead atoms. The van der Waals surface area contributed by atoms with Crippen LogP contribution in [0.1, 0.15) is 5.56 Å². The molecule has 1 aliphatic heterocycles. The fourth-order valence-corrected chi connectivity index (χ4v) is 1.31. The Morgan fingerprint density at radius 3 is 3.08 bits per heavy atom. The summed E-state index contributed by atoms with van der Waals surface area (Å²) in [6.45, 7) is 4.36. The van der Waals surface area contributed by atoms with E-state index in [1.807, 2.05) is 6.07 Å². The van der Waals surface area contributed by atoms with Gasteiger partial charge in [0.05, 0.1) is 12.5 Å². The third kappa shape index (κ3) is 1.87. The molecule has 1 saturated heterocycles. The van der Waals surface area contributed by atoms with Gasteiger partial charge in [0, 0.05) is 31.7 Å². The van der Waals surface area contributed by atoms with Crippen LogP contribution in [0.4, 0.5) is 0 Å². The topological polar surface area (TPSA) is 37.2 Å². The molecule has 3 nitrogen and oxygen atoms in total. The summed E-state index contributed by atoms with van der Waals surface area (Å²) >= 11 is 0. The Morgan fingerprint density at radius 2 is 2.50 bits per heavy atom. The summed E-state index contributed by atoms with van der Waals surface area (Å²) < 4.78 is 4.96. The molecule has 1 aromatic heterocycles. The monoisotopic (exact) mass is 166 g/mol. The van der Waals surface area contributed by atoms with Gasteiger partial charge in [0.15, 0.2) is 0 Å². The van der Waals surface area contributed by atoms with Crippen molar-refractivity contribution in [3.63, 3.8) is 0 Å². The SMILES string of the molecule is c1cc(CNCC2CNC2)co1. The van der Waals surface area contributed by atoms with Crippen molar-refractivity contribution < 1.29 is 4.42 Å². The second-order valence-corrected chi connectivity index (χ2v) is 3.29. The van der Waals surface area contributed by atoms with Crippen LogP contribution < -0.4 is 10.6 Å². The molecular formula is C9H14N2O. The third-order valence-corrected chi connectivity index (χ3v) is 2.21. The van der Waals surface area contributed by atoms with Crippen molar-refractivity contribution in [2.75, 3.05) is 19.6 Å². The van der Waals surface area contributed by atoms with E-state index >= 15 is 0 Å². The maximum atomic E-state index is 4.96. The zero-order chi connectivity index (χ0) is 8.23. The first-order chi connectivity index (χ1) is 5.95. The predicted molar refractivity (Wildman–Crippen MR) is 46.8 cm³/mol. The van der Waals surface area contributed by atoms with Gasteiger partial charge in [0.2, 0.25) is 0 Å². The van der Waals surface area contributed by atoms with Crippen molar-refractivity contribution in [2.24, 2.45) is 5.92 Å². The van der Waals surface area contributed by atoms with Crippen molar-refractivity contribution in [1.82, 2.24) is 10.6 Å². The minimum Gasteiger partial charge on any atom is -0.472 e. The molecule has 2 heterocycles. The van der Waals surface area contributed by atoms with E-state index in [1.54, 1.807) is 12.5 Å². The van der Waals surface area contributed by atoms with Crippen LogP contribution in [0.3, 0.4) is 0 Å². The Hall–Kier alpha value is -0.800. The Balaban J connectivity index is 1.62. The van der Waals surface area contributed by atoms with E-state index in [2.05, 4.69) is 10.6 Å². The molecule has 1 aliphatic rings. The molecule has 0 saturated carbocycles. The number of hydrogen-bond donors (Lipinski definition) is 2. The molecule has 0 aliphatic carbocycles. The fraction of sp³-hybridized carbons (Fsp3) is 0.556. The summed E-state index contributed by atoms with van der Waals surface area (Å²) in [6, 6.07) is 1.99. The molecule has 0 radical (unpaired) electrons. The lowest BCUT2D eigenvalue weighted by molar-refractivity contribution is 0.331. The number of nitrogens with one attached hydrogen (secondary N) is 2. The smallest absolute Gasteiger partial charge is 0.0947 e. The lowest BCUT2D eigenvalue weighted by Gasteiger charge is -2.27. The second-order valence-electron chi connectivity index (χ2n) is 3.29. The molecule has 0 aromatic carbocycles. The molecule has 0 amide bonds. The average Bonchev–Trinajstić information content (AvgIpc) is 2.46. The molecule has 2 N–H and O–H groups in total. The highest BCUT2D eigenvalue weighted by atomic mass is 16.3. The Labute approximate surface area is 72.1 Å². The average molecular weight is 166 g/mol. The molecule has 0 spiro atoms. The molecule has 12 heavy (non-hydrogen) atoms. The van der Waals surface area contributed by atoms with E-state index in [1.165, 1.54) is 18.7 Å². The first-order valence-corrected chi connectivity index (χ1v) is 4.37. The highest BCUT2D eigenvalue weighted by molar-refractivity contribution is 5.04. The molecule has 1 aromatic rings. The molecule has 1 fully saturated rings. The number of furan rings is 1. The van der Waals surface area contributed by atoms with Crippen molar-refractivity contribution in [1.29, 1.82) is 0 Å². The summed E-state index contributed by atoms with van der Waals surface area (Å²) in [6.07, 6.45) is 3.49. The molecular weight excluding hydrogens is 152 g/mol. The Morgan fingerprint density at radius 1 is 1.58 bits per heavy atom. The molecule has 3 heteroatoms. The van der Waals surface area contributed by atoms with Gasteiger partial charge in [-0.05, 0) is 12.0 Å². The van der Waals surface area contributed by atoms with E-state index in [9.17, 15) is 0 Å². The van der Waals surface area contributed by atoms with E-state index in [4.69, 9.17) is 4.42 Å². The molecule has 0 unspecified atom stereocenters. The highest BCUT2D eigenvalue weighted by Crippen LogP contribution is 2.02. The number of hydrogen-bond acceptors (Lipinski definition) is 3. The van der Waals surface area contributed by atoms with Crippen LogP contribution in [0.25, 0.3) is 0 Å². The fourth-order valence-electron chi connectivity index (χ4n) is 1.31. The maximum absolute atomic E-state index is 4.96. The number of rotatable bonds is 4. The highest BCUT2D eigenvalue weighted by Gasteiger charge is 2.15. The summed E-state index contributed by atoms with van der Waals surface area (Å²) in [5.74, 6) is 0.830. The Bertz CT molecular complexity index is 216. The van der Waals surface area contributed by atoms with Gasteiger partial charge in [-0.3, -0.25) is 0 Å². The zero-order valence-corrected chi connectivity index (χ0v) is 7.05. The standard InChI is InChI=1S/C9H14N2O/c1-2-12-7-8(1)3-10-4-9-5-11-6-9/h1-2,7,9-11H,3-6H2. The maximum Gasteiger partial charge on any atom is 0.0947 e. The third-order valence-electron chi connectivity index (χ3n) is 2.21. The van der Waals surface area contributed by atoms with Crippen LogP contribution in [0.5, 0.6) is 0 Å². The van der Waals surface area contributed by atoms with Crippen molar-refractivity contribution >= 4 is 0 Å². The van der Waals surface area contributed by atoms with Gasteiger partial charge in [-0.2, -0.15) is 0 Å². The van der Waals surface area contributed by atoms with Crippen LogP contribution in [-0.2, 0) is 6.54 Å². The Kier molecular flexibility index (Phi) is 2.44. The summed E-state index contributed by atoms with van der Waals surface area (Å²) in [4.78, 5) is 0. The van der Waals surface area contributed by atoms with E-state index < -0.39 is 0 Å². The van der Waals surface area contributed by atoms with Crippen LogP contribution in [0.15, 0.2) is 23.0 Å². The molecule has 0 atom stereocenters. The van der Waals surface area contributed by atoms with Gasteiger partial charge < -0.3 is 15.1 Å². The van der Waals surface area contributed by atoms with Gasteiger partial charge in [0.25, 0.3) is 0 Å². The van der Waals surface area contributed by atoms with E-state index in [0.29, 0.717) is 0 Å². The van der Waals surface area contributed by atoms with E-state index in [0.717, 1.165) is 19.0 Å². The van der Waals surface area contributed by atoms with Gasteiger partial charge >= 0.3 is 0 Å². The predicted octanol–water partition coefficient (Wildman–Crippen LogP) is 0.589. The van der Waals surface area contributed by atoms with Crippen molar-refractivity contribution in [3.05, 3.63) is 24.2 Å². The van der Waals surface area contributed by atoms with Crippen LogP contribution in [-0.4, -0.2) is 19.6 Å². The van der Waals surface area contributed by atoms with Gasteiger partial charge in [0.1, 0.15) is 0 Å². The first kappa shape index (κ1) is 7.83. The second kappa shape index (κ2) is 3.74. The summed E-state index contributed by atoms with van der Waals surface area (Å²) in [5.41, 5.74) is 1.22. The van der Waals surface area contributed by atoms with Gasteiger partial charge in [-0.1, -0.05) is 0 Å². The molecule has 66 valence electrons. The van der Waals surface area contributed by atoms with Gasteiger partial charge in [-0.25, -0.2) is 0 Å². The summed E-state index contributed by atoms with van der Waals surface area (Å²) in [5, 5.41) is 6.64. The van der Waals surface area contributed by atoms with Gasteiger partial charge in [-0.15, -0.1) is 0 Å². The quantitative estimate of drug-likeness (QED) is 0.687. The largest absolute Gasteiger partial charge is 0.472 e. The van der Waals surface area contributed by atoms with Crippen LogP contribution >= 0.6 is 0 Å². The minimum absolute atomic E-state index is 0.830. The summed E-state index contributed by atoms with van der Waals surface area (Å²) in [7, 11) is 0. The van der Waals surface area contributed by atoms with E-state index in [-0.39, 0.29) is 0 Å². The minimum atomic E-state index is 0.830. The normalized spacial score (nSPS) is 17.7. The van der Waals surface area contributed by atoms with Crippen LogP contribution in [0, 0.1) is 5.92 Å². The first-order valence-electron chi connectivity index (χ1n) is 4.37. The lowest BCUT2D eigenvalue weighted by atomic mass is 10.0. The van der Waals surface area contributed by atoms with Crippen LogP contribution in [0.2, 0.25) is 0 Å². The molecule has 2 rings (SSSR count). The van der Waals surface area contributed by atoms with Crippen molar-refractivity contribution in [2.45, 2.75) is 6.54 Å². The van der Waals surface area contributed by atoms with Crippen molar-refractivity contribution in [3.8, 4) is 0 Å².